The predicted molar refractivity (Wildman–Crippen MR) is 82.2 cm³/mol. The fourth-order valence-electron chi connectivity index (χ4n) is 2.16. The van der Waals surface area contributed by atoms with Crippen LogP contribution in [0.5, 0.6) is 0 Å². The largest absolute Gasteiger partial charge is 0.481 e. The topological polar surface area (TPSA) is 89.9 Å². The number of carbonyl (C=O) groups excluding carboxylic acids is 1. The summed E-state index contributed by atoms with van der Waals surface area (Å²) in [7, 11) is 0. The summed E-state index contributed by atoms with van der Waals surface area (Å²) in [4.78, 5) is 24.2. The van der Waals surface area contributed by atoms with Crippen molar-refractivity contribution in [3.05, 3.63) is 0 Å². The van der Waals surface area contributed by atoms with Crippen LogP contribution in [0.25, 0.3) is 0 Å². The van der Waals surface area contributed by atoms with E-state index in [2.05, 4.69) is 12.2 Å². The van der Waals surface area contributed by atoms with E-state index in [0.29, 0.717) is 32.0 Å². The highest BCUT2D eigenvalue weighted by Gasteiger charge is 2.13. The van der Waals surface area contributed by atoms with Crippen molar-refractivity contribution in [3.8, 4) is 0 Å². The van der Waals surface area contributed by atoms with Crippen LogP contribution in [-0.4, -0.2) is 53.4 Å². The fraction of sp³-hybridized carbons (Fsp3) is 0.867. The van der Waals surface area contributed by atoms with Crippen molar-refractivity contribution in [2.24, 2.45) is 5.92 Å². The molecule has 0 rings (SSSR count). The number of carbonyl (C=O) groups is 2. The normalized spacial score (nSPS) is 12.0. The van der Waals surface area contributed by atoms with Gasteiger partial charge in [-0.3, -0.25) is 4.79 Å². The number of aliphatic carboxylic acids is 1. The van der Waals surface area contributed by atoms with Crippen molar-refractivity contribution in [3.63, 3.8) is 0 Å². The van der Waals surface area contributed by atoms with Gasteiger partial charge < -0.3 is 20.4 Å². The Morgan fingerprint density at radius 2 is 1.90 bits per heavy atom. The van der Waals surface area contributed by atoms with Gasteiger partial charge >= 0.3 is 12.0 Å². The monoisotopic (exact) mass is 302 g/mol. The summed E-state index contributed by atoms with van der Waals surface area (Å²) in [5.41, 5.74) is 0. The van der Waals surface area contributed by atoms with Gasteiger partial charge in [0.1, 0.15) is 0 Å². The third kappa shape index (κ3) is 10.1. The maximum absolute atomic E-state index is 12.0. The number of aliphatic hydroxyl groups is 1. The second-order valence-corrected chi connectivity index (χ2v) is 5.29. The van der Waals surface area contributed by atoms with Gasteiger partial charge in [0.25, 0.3) is 0 Å². The number of nitrogens with zero attached hydrogens (tertiary/aromatic N) is 1. The molecular formula is C15H30N2O4. The van der Waals surface area contributed by atoms with Crippen LogP contribution < -0.4 is 5.32 Å². The second kappa shape index (κ2) is 12.4. The first-order chi connectivity index (χ1) is 10.0. The van der Waals surface area contributed by atoms with Gasteiger partial charge in [0.2, 0.25) is 0 Å². The predicted octanol–water partition coefficient (Wildman–Crippen LogP) is 2.07. The quantitative estimate of drug-likeness (QED) is 0.515. The SMILES string of the molecule is CCCCN(CCO)C(=O)NCCC(CC)CCC(=O)O. The number of hydrogen-bond acceptors (Lipinski definition) is 3. The maximum atomic E-state index is 12.0. The molecule has 0 aromatic carbocycles. The minimum absolute atomic E-state index is 0.0344. The van der Waals surface area contributed by atoms with E-state index in [-0.39, 0.29) is 19.1 Å². The van der Waals surface area contributed by atoms with E-state index in [0.717, 1.165) is 25.7 Å². The smallest absolute Gasteiger partial charge is 0.317 e. The minimum Gasteiger partial charge on any atom is -0.481 e. The van der Waals surface area contributed by atoms with Crippen molar-refractivity contribution in [2.75, 3.05) is 26.2 Å². The third-order valence-corrected chi connectivity index (χ3v) is 3.61. The summed E-state index contributed by atoms with van der Waals surface area (Å²) < 4.78 is 0. The first-order valence-corrected chi connectivity index (χ1v) is 7.90. The van der Waals surface area contributed by atoms with Crippen LogP contribution in [0, 0.1) is 5.92 Å². The fourth-order valence-corrected chi connectivity index (χ4v) is 2.16. The molecule has 0 aromatic heterocycles. The molecule has 0 aliphatic rings. The van der Waals surface area contributed by atoms with Gasteiger partial charge in [-0.05, 0) is 25.2 Å². The molecular weight excluding hydrogens is 272 g/mol. The van der Waals surface area contributed by atoms with Gasteiger partial charge in [-0.2, -0.15) is 0 Å². The molecule has 2 amide bonds. The van der Waals surface area contributed by atoms with Crippen LogP contribution in [0.3, 0.4) is 0 Å². The van der Waals surface area contributed by atoms with E-state index in [4.69, 9.17) is 10.2 Å². The van der Waals surface area contributed by atoms with E-state index in [1.165, 1.54) is 0 Å². The Morgan fingerprint density at radius 1 is 1.19 bits per heavy atom. The second-order valence-electron chi connectivity index (χ2n) is 5.29. The lowest BCUT2D eigenvalue weighted by atomic mass is 9.97. The summed E-state index contributed by atoms with van der Waals surface area (Å²) in [5.74, 6) is -0.450. The number of nitrogens with one attached hydrogen (secondary N) is 1. The number of carboxylic acids is 1. The average Bonchev–Trinajstić information content (AvgIpc) is 2.46. The molecule has 0 radical (unpaired) electrons. The number of aliphatic hydroxyl groups excluding tert-OH is 1. The minimum atomic E-state index is -0.772. The summed E-state index contributed by atoms with van der Waals surface area (Å²) in [5, 5.41) is 20.5. The zero-order valence-electron chi connectivity index (χ0n) is 13.3. The molecule has 0 aromatic rings. The number of unbranched alkanes of at least 4 members (excludes halogenated alkanes) is 1. The summed E-state index contributed by atoms with van der Waals surface area (Å²) in [6.45, 7) is 5.61. The lowest BCUT2D eigenvalue weighted by Gasteiger charge is -2.22. The Morgan fingerprint density at radius 3 is 2.43 bits per heavy atom. The number of rotatable bonds is 12. The Labute approximate surface area is 127 Å². The average molecular weight is 302 g/mol. The molecule has 1 atom stereocenters. The van der Waals surface area contributed by atoms with E-state index < -0.39 is 5.97 Å². The van der Waals surface area contributed by atoms with E-state index in [1.54, 1.807) is 4.90 Å². The molecule has 6 heteroatoms. The van der Waals surface area contributed by atoms with Crippen LogP contribution in [0.4, 0.5) is 4.79 Å². The molecule has 6 nitrogen and oxygen atoms in total. The zero-order chi connectivity index (χ0) is 16.1. The summed E-state index contributed by atoms with van der Waals surface area (Å²) in [6, 6.07) is -0.148. The van der Waals surface area contributed by atoms with Crippen LogP contribution in [0.1, 0.15) is 52.4 Å². The van der Waals surface area contributed by atoms with Crippen molar-refractivity contribution in [1.29, 1.82) is 0 Å². The molecule has 21 heavy (non-hydrogen) atoms. The third-order valence-electron chi connectivity index (χ3n) is 3.61. The zero-order valence-corrected chi connectivity index (χ0v) is 13.3. The molecule has 0 heterocycles. The molecule has 0 fully saturated rings. The molecule has 0 spiro atoms. The van der Waals surface area contributed by atoms with Gasteiger partial charge in [0, 0.05) is 26.1 Å². The highest BCUT2D eigenvalue weighted by atomic mass is 16.4. The Balaban J connectivity index is 4.04. The summed E-state index contributed by atoms with van der Waals surface area (Å²) >= 11 is 0. The van der Waals surface area contributed by atoms with Gasteiger partial charge in [-0.25, -0.2) is 4.79 Å². The lowest BCUT2D eigenvalue weighted by Crippen LogP contribution is -2.42. The first kappa shape index (κ1) is 19.7. The number of carboxylic acid groups (broad SMARTS) is 1. The van der Waals surface area contributed by atoms with Crippen LogP contribution in [-0.2, 0) is 4.79 Å². The van der Waals surface area contributed by atoms with Gasteiger partial charge in [-0.15, -0.1) is 0 Å². The van der Waals surface area contributed by atoms with E-state index in [9.17, 15) is 9.59 Å². The van der Waals surface area contributed by atoms with Crippen molar-refractivity contribution in [2.45, 2.75) is 52.4 Å². The molecule has 0 saturated heterocycles. The standard InChI is InChI=1S/C15H30N2O4/c1-3-5-10-17(11-12-18)15(21)16-9-8-13(4-2)6-7-14(19)20/h13,18H,3-12H2,1-2H3,(H,16,21)(H,19,20). The van der Waals surface area contributed by atoms with Crippen LogP contribution >= 0.6 is 0 Å². The lowest BCUT2D eigenvalue weighted by molar-refractivity contribution is -0.137. The molecule has 0 aliphatic carbocycles. The van der Waals surface area contributed by atoms with Crippen molar-refractivity contribution < 1.29 is 19.8 Å². The highest BCUT2D eigenvalue weighted by Crippen LogP contribution is 2.14. The molecule has 0 saturated carbocycles. The molecule has 0 bridgehead atoms. The van der Waals surface area contributed by atoms with Gasteiger partial charge in [0.05, 0.1) is 6.61 Å². The maximum Gasteiger partial charge on any atom is 0.317 e. The summed E-state index contributed by atoms with van der Waals surface area (Å²) in [6.07, 6.45) is 4.46. The van der Waals surface area contributed by atoms with Gasteiger partial charge in [-0.1, -0.05) is 26.7 Å². The molecule has 1 unspecified atom stereocenters. The van der Waals surface area contributed by atoms with Crippen molar-refractivity contribution in [1.82, 2.24) is 10.2 Å². The molecule has 3 N–H and O–H groups in total. The number of amides is 2. The van der Waals surface area contributed by atoms with Crippen LogP contribution in [0.15, 0.2) is 0 Å². The Hall–Kier alpha value is -1.30. The Kier molecular flexibility index (Phi) is 11.7. The highest BCUT2D eigenvalue weighted by molar-refractivity contribution is 5.74. The number of urea groups is 1. The van der Waals surface area contributed by atoms with E-state index in [1.807, 2.05) is 6.92 Å². The van der Waals surface area contributed by atoms with Crippen molar-refractivity contribution >= 4 is 12.0 Å². The number of hydrogen-bond donors (Lipinski definition) is 3. The van der Waals surface area contributed by atoms with Gasteiger partial charge in [0.15, 0.2) is 0 Å². The molecule has 124 valence electrons. The Bertz CT molecular complexity index is 297. The van der Waals surface area contributed by atoms with E-state index >= 15 is 0 Å². The molecule has 0 aliphatic heterocycles. The van der Waals surface area contributed by atoms with Crippen LogP contribution in [0.2, 0.25) is 0 Å². The first-order valence-electron chi connectivity index (χ1n) is 7.90.